The molecular formula is C17H14Cl2O3. The predicted molar refractivity (Wildman–Crippen MR) is 85.8 cm³/mol. The van der Waals surface area contributed by atoms with Gasteiger partial charge < -0.3 is 9.84 Å². The first-order valence-corrected chi connectivity index (χ1v) is 7.68. The molecule has 3 rings (SSSR count). The summed E-state index contributed by atoms with van der Waals surface area (Å²) >= 11 is 11.6. The molecule has 1 fully saturated rings. The molecule has 0 unspecified atom stereocenters. The highest BCUT2D eigenvalue weighted by Gasteiger charge is 2.45. The van der Waals surface area contributed by atoms with Crippen LogP contribution in [0.5, 0.6) is 5.75 Å². The minimum atomic E-state index is -0.494. The van der Waals surface area contributed by atoms with Crippen molar-refractivity contribution < 1.29 is 14.6 Å². The minimum absolute atomic E-state index is 0.0312. The van der Waals surface area contributed by atoms with Crippen LogP contribution >= 0.6 is 23.2 Å². The summed E-state index contributed by atoms with van der Waals surface area (Å²) in [4.78, 5) is 12.1. The molecule has 0 amide bonds. The fourth-order valence-corrected chi connectivity index (χ4v) is 2.92. The van der Waals surface area contributed by atoms with Crippen LogP contribution in [0.15, 0.2) is 42.5 Å². The van der Waals surface area contributed by atoms with Crippen molar-refractivity contribution >= 4 is 29.2 Å². The standard InChI is InChI=1S/C17H14Cl2O3/c18-13-8-11(9-14(19)15(13)20)16(21)22-10-17(6-7-17)12-4-2-1-3-5-12/h1-5,8-9,20H,6-7,10H2. The zero-order valence-corrected chi connectivity index (χ0v) is 13.2. The lowest BCUT2D eigenvalue weighted by molar-refractivity contribution is 0.0465. The summed E-state index contributed by atoms with van der Waals surface area (Å²) < 4.78 is 5.42. The Bertz CT molecular complexity index is 686. The number of carbonyl (C=O) groups is 1. The van der Waals surface area contributed by atoms with Crippen molar-refractivity contribution in [3.8, 4) is 5.75 Å². The molecule has 0 heterocycles. The summed E-state index contributed by atoms with van der Waals surface area (Å²) in [5, 5.41) is 9.58. The number of aromatic hydroxyl groups is 1. The number of hydrogen-bond donors (Lipinski definition) is 1. The molecule has 0 saturated heterocycles. The molecule has 0 bridgehead atoms. The van der Waals surface area contributed by atoms with Crippen LogP contribution in [0.4, 0.5) is 0 Å². The van der Waals surface area contributed by atoms with Gasteiger partial charge in [0.15, 0.2) is 5.75 Å². The predicted octanol–water partition coefficient (Wildman–Crippen LogP) is 4.59. The molecule has 1 saturated carbocycles. The highest BCUT2D eigenvalue weighted by molar-refractivity contribution is 6.37. The van der Waals surface area contributed by atoms with E-state index < -0.39 is 5.97 Å². The normalized spacial score (nSPS) is 15.4. The van der Waals surface area contributed by atoms with Crippen molar-refractivity contribution in [2.45, 2.75) is 18.3 Å². The van der Waals surface area contributed by atoms with Gasteiger partial charge in [0.05, 0.1) is 15.6 Å². The summed E-state index contributed by atoms with van der Waals surface area (Å²) in [6.07, 6.45) is 2.00. The van der Waals surface area contributed by atoms with E-state index in [0.717, 1.165) is 12.8 Å². The molecule has 1 aliphatic carbocycles. The molecule has 5 heteroatoms. The highest BCUT2D eigenvalue weighted by atomic mass is 35.5. The Balaban J connectivity index is 1.71. The number of carbonyl (C=O) groups excluding carboxylic acids is 1. The van der Waals surface area contributed by atoms with Gasteiger partial charge in [0.2, 0.25) is 0 Å². The number of ether oxygens (including phenoxy) is 1. The van der Waals surface area contributed by atoms with Crippen LogP contribution in [0.3, 0.4) is 0 Å². The number of phenolic OH excluding ortho intramolecular Hbond substituents is 1. The molecule has 22 heavy (non-hydrogen) atoms. The maximum atomic E-state index is 12.1. The zero-order valence-electron chi connectivity index (χ0n) is 11.7. The van der Waals surface area contributed by atoms with Crippen LogP contribution in [0.25, 0.3) is 0 Å². The number of hydrogen-bond acceptors (Lipinski definition) is 3. The Morgan fingerprint density at radius 3 is 2.27 bits per heavy atom. The Labute approximate surface area is 138 Å². The van der Waals surface area contributed by atoms with Gasteiger partial charge in [-0.05, 0) is 30.5 Å². The molecule has 0 aliphatic heterocycles. The van der Waals surface area contributed by atoms with E-state index in [-0.39, 0.29) is 26.8 Å². The monoisotopic (exact) mass is 336 g/mol. The fourth-order valence-electron chi connectivity index (χ4n) is 2.43. The Morgan fingerprint density at radius 1 is 1.14 bits per heavy atom. The number of phenols is 1. The van der Waals surface area contributed by atoms with Gasteiger partial charge in [-0.25, -0.2) is 4.79 Å². The average molecular weight is 337 g/mol. The molecule has 3 nitrogen and oxygen atoms in total. The van der Waals surface area contributed by atoms with Gasteiger partial charge in [-0.2, -0.15) is 0 Å². The molecule has 1 aliphatic rings. The van der Waals surface area contributed by atoms with Crippen molar-refractivity contribution in [2.75, 3.05) is 6.61 Å². The lowest BCUT2D eigenvalue weighted by Crippen LogP contribution is -2.18. The number of halogens is 2. The third-order valence-electron chi connectivity index (χ3n) is 3.97. The summed E-state index contributed by atoms with van der Waals surface area (Å²) in [6.45, 7) is 0.325. The van der Waals surface area contributed by atoms with Gasteiger partial charge >= 0.3 is 5.97 Å². The Hall–Kier alpha value is -1.71. The van der Waals surface area contributed by atoms with Gasteiger partial charge in [-0.3, -0.25) is 0 Å². The molecule has 0 radical (unpaired) electrons. The number of esters is 1. The van der Waals surface area contributed by atoms with Crippen LogP contribution < -0.4 is 0 Å². The Kier molecular flexibility index (Phi) is 4.02. The van der Waals surface area contributed by atoms with Crippen LogP contribution in [0.2, 0.25) is 10.0 Å². The molecule has 2 aromatic rings. The molecule has 2 aromatic carbocycles. The van der Waals surface area contributed by atoms with Crippen molar-refractivity contribution in [2.24, 2.45) is 0 Å². The van der Waals surface area contributed by atoms with Gasteiger partial charge in [-0.15, -0.1) is 0 Å². The van der Waals surface area contributed by atoms with E-state index >= 15 is 0 Å². The summed E-state index contributed by atoms with van der Waals surface area (Å²) in [5.74, 6) is -0.728. The quantitative estimate of drug-likeness (QED) is 0.830. The molecule has 1 N–H and O–H groups in total. The van der Waals surface area contributed by atoms with Crippen molar-refractivity contribution in [1.82, 2.24) is 0 Å². The van der Waals surface area contributed by atoms with E-state index in [1.54, 1.807) is 0 Å². The lowest BCUT2D eigenvalue weighted by atomic mass is 9.97. The third kappa shape index (κ3) is 2.92. The smallest absolute Gasteiger partial charge is 0.338 e. The topological polar surface area (TPSA) is 46.5 Å². The summed E-state index contributed by atoms with van der Waals surface area (Å²) in [5.41, 5.74) is 1.35. The summed E-state index contributed by atoms with van der Waals surface area (Å²) in [6, 6.07) is 12.7. The summed E-state index contributed by atoms with van der Waals surface area (Å²) in [7, 11) is 0. The average Bonchev–Trinajstić information content (AvgIpc) is 3.32. The first-order chi connectivity index (χ1) is 10.5. The maximum Gasteiger partial charge on any atom is 0.338 e. The molecule has 114 valence electrons. The van der Waals surface area contributed by atoms with Crippen LogP contribution in [0, 0.1) is 0 Å². The number of benzene rings is 2. The van der Waals surface area contributed by atoms with E-state index in [0.29, 0.717) is 6.61 Å². The lowest BCUT2D eigenvalue weighted by Gasteiger charge is -2.16. The van der Waals surface area contributed by atoms with Gasteiger partial charge in [0.25, 0.3) is 0 Å². The highest BCUT2D eigenvalue weighted by Crippen LogP contribution is 2.48. The SMILES string of the molecule is O=C(OCC1(c2ccccc2)CC1)c1cc(Cl)c(O)c(Cl)c1. The van der Waals surface area contributed by atoms with Gasteiger partial charge in [-0.1, -0.05) is 53.5 Å². The molecular weight excluding hydrogens is 323 g/mol. The van der Waals surface area contributed by atoms with E-state index in [2.05, 4.69) is 12.1 Å². The van der Waals surface area contributed by atoms with E-state index in [1.165, 1.54) is 17.7 Å². The second kappa shape index (κ2) is 5.82. The first-order valence-electron chi connectivity index (χ1n) is 6.92. The minimum Gasteiger partial charge on any atom is -0.505 e. The second-order valence-electron chi connectivity index (χ2n) is 5.51. The third-order valence-corrected chi connectivity index (χ3v) is 4.55. The van der Waals surface area contributed by atoms with Gasteiger partial charge in [0.1, 0.15) is 6.61 Å². The van der Waals surface area contributed by atoms with Crippen LogP contribution in [-0.4, -0.2) is 17.7 Å². The molecule has 0 aromatic heterocycles. The first kappa shape index (κ1) is 15.2. The van der Waals surface area contributed by atoms with Crippen molar-refractivity contribution in [3.63, 3.8) is 0 Å². The maximum absolute atomic E-state index is 12.1. The van der Waals surface area contributed by atoms with E-state index in [4.69, 9.17) is 27.9 Å². The second-order valence-corrected chi connectivity index (χ2v) is 6.33. The number of rotatable bonds is 4. The fraction of sp³-hybridized carbons (Fsp3) is 0.235. The van der Waals surface area contributed by atoms with Crippen molar-refractivity contribution in [3.05, 3.63) is 63.6 Å². The van der Waals surface area contributed by atoms with Crippen LogP contribution in [0.1, 0.15) is 28.8 Å². The zero-order chi connectivity index (χ0) is 15.7. The van der Waals surface area contributed by atoms with Gasteiger partial charge in [0, 0.05) is 5.41 Å². The molecule has 0 atom stereocenters. The van der Waals surface area contributed by atoms with E-state index in [1.807, 2.05) is 18.2 Å². The molecule has 0 spiro atoms. The van der Waals surface area contributed by atoms with Crippen LogP contribution in [-0.2, 0) is 10.2 Å². The largest absolute Gasteiger partial charge is 0.505 e. The Morgan fingerprint density at radius 2 is 1.73 bits per heavy atom. The van der Waals surface area contributed by atoms with E-state index in [9.17, 15) is 9.90 Å². The van der Waals surface area contributed by atoms with Crippen molar-refractivity contribution in [1.29, 1.82) is 0 Å².